The molecule has 2 rings (SSSR count). The largest absolute Gasteiger partial charge is 0.493 e. The maximum Gasteiger partial charge on any atom is 0.161 e. The van der Waals surface area contributed by atoms with Crippen LogP contribution in [0.5, 0.6) is 11.5 Å². The second kappa shape index (κ2) is 6.49. The third kappa shape index (κ3) is 3.42. The highest BCUT2D eigenvalue weighted by molar-refractivity contribution is 7.03. The summed E-state index contributed by atoms with van der Waals surface area (Å²) in [6, 6.07) is 6.12. The molecule has 1 heterocycles. The zero-order valence-electron chi connectivity index (χ0n) is 11.2. The highest BCUT2D eigenvalue weighted by Gasteiger charge is 2.10. The van der Waals surface area contributed by atoms with Crippen LogP contribution in [0.15, 0.2) is 23.6 Å². The van der Waals surface area contributed by atoms with Gasteiger partial charge in [-0.05, 0) is 36.2 Å². The van der Waals surface area contributed by atoms with Crippen LogP contribution in [-0.2, 0) is 6.54 Å². The molecule has 0 aliphatic heterocycles. The van der Waals surface area contributed by atoms with E-state index in [1.54, 1.807) is 14.2 Å². The van der Waals surface area contributed by atoms with Crippen molar-refractivity contribution >= 4 is 11.5 Å². The van der Waals surface area contributed by atoms with Gasteiger partial charge in [0, 0.05) is 18.0 Å². The van der Waals surface area contributed by atoms with Gasteiger partial charge >= 0.3 is 0 Å². The molecule has 0 aliphatic carbocycles. The van der Waals surface area contributed by atoms with Gasteiger partial charge in [-0.15, -0.1) is 5.10 Å². The average molecular weight is 279 g/mol. The van der Waals surface area contributed by atoms with E-state index in [0.29, 0.717) is 6.54 Å². The summed E-state index contributed by atoms with van der Waals surface area (Å²) in [5.74, 6) is 1.48. The van der Waals surface area contributed by atoms with E-state index in [0.717, 1.165) is 22.8 Å². The molecule has 0 spiro atoms. The summed E-state index contributed by atoms with van der Waals surface area (Å²) in [6.07, 6.45) is 0. The zero-order valence-corrected chi connectivity index (χ0v) is 12.0. The van der Waals surface area contributed by atoms with E-state index in [-0.39, 0.29) is 6.04 Å². The van der Waals surface area contributed by atoms with Crippen LogP contribution in [0.1, 0.15) is 24.2 Å². The molecule has 0 saturated carbocycles. The standard InChI is InChI=1S/C13H17N3O2S/c1-9(14-7-11-8-19-16-15-11)10-4-5-12(17-2)13(6-10)18-3/h4-6,8-9,14H,7H2,1-3H3. The van der Waals surface area contributed by atoms with Crippen LogP contribution in [0.25, 0.3) is 0 Å². The summed E-state index contributed by atoms with van der Waals surface area (Å²) in [5, 5.41) is 9.34. The quantitative estimate of drug-likeness (QED) is 0.880. The van der Waals surface area contributed by atoms with E-state index in [9.17, 15) is 0 Å². The van der Waals surface area contributed by atoms with Crippen LogP contribution in [0, 0.1) is 0 Å². The lowest BCUT2D eigenvalue weighted by Crippen LogP contribution is -2.18. The van der Waals surface area contributed by atoms with Crippen molar-refractivity contribution in [2.24, 2.45) is 0 Å². The first kappa shape index (κ1) is 13.8. The molecule has 19 heavy (non-hydrogen) atoms. The topological polar surface area (TPSA) is 56.3 Å². The van der Waals surface area contributed by atoms with Crippen molar-refractivity contribution in [3.8, 4) is 11.5 Å². The Bertz CT molecular complexity index is 517. The minimum absolute atomic E-state index is 0.196. The molecule has 5 nitrogen and oxygen atoms in total. The lowest BCUT2D eigenvalue weighted by molar-refractivity contribution is 0.354. The van der Waals surface area contributed by atoms with Crippen molar-refractivity contribution in [1.29, 1.82) is 0 Å². The Morgan fingerprint density at radius 1 is 1.26 bits per heavy atom. The van der Waals surface area contributed by atoms with E-state index < -0.39 is 0 Å². The van der Waals surface area contributed by atoms with Gasteiger partial charge in [-0.2, -0.15) is 0 Å². The molecule has 0 radical (unpaired) electrons. The van der Waals surface area contributed by atoms with Crippen LogP contribution in [-0.4, -0.2) is 23.8 Å². The summed E-state index contributed by atoms with van der Waals surface area (Å²) in [4.78, 5) is 0. The number of hydrogen-bond acceptors (Lipinski definition) is 6. The van der Waals surface area contributed by atoms with Crippen molar-refractivity contribution in [1.82, 2.24) is 14.9 Å². The summed E-state index contributed by atoms with van der Waals surface area (Å²) in [6.45, 7) is 2.80. The van der Waals surface area contributed by atoms with Crippen molar-refractivity contribution in [3.05, 3.63) is 34.8 Å². The van der Waals surface area contributed by atoms with Gasteiger partial charge in [0.25, 0.3) is 0 Å². The molecule has 2 aromatic rings. The van der Waals surface area contributed by atoms with Crippen LogP contribution < -0.4 is 14.8 Å². The summed E-state index contributed by atoms with van der Waals surface area (Å²) < 4.78 is 14.4. The average Bonchev–Trinajstić information content (AvgIpc) is 2.97. The number of aromatic nitrogens is 2. The number of nitrogens with zero attached hydrogens (tertiary/aromatic N) is 2. The summed E-state index contributed by atoms with van der Waals surface area (Å²) in [5.41, 5.74) is 2.10. The van der Waals surface area contributed by atoms with Gasteiger partial charge in [-0.1, -0.05) is 10.6 Å². The Balaban J connectivity index is 2.04. The molecule has 1 aromatic heterocycles. The van der Waals surface area contributed by atoms with Crippen molar-refractivity contribution in [2.75, 3.05) is 14.2 Å². The fourth-order valence-electron chi connectivity index (χ4n) is 1.76. The predicted molar refractivity (Wildman–Crippen MR) is 74.7 cm³/mol. The molecular weight excluding hydrogens is 262 g/mol. The molecule has 0 saturated heterocycles. The van der Waals surface area contributed by atoms with E-state index >= 15 is 0 Å². The lowest BCUT2D eigenvalue weighted by atomic mass is 10.1. The molecule has 6 heteroatoms. The van der Waals surface area contributed by atoms with Crippen molar-refractivity contribution in [2.45, 2.75) is 19.5 Å². The third-order valence-corrected chi connectivity index (χ3v) is 3.46. The van der Waals surface area contributed by atoms with Crippen LogP contribution >= 0.6 is 11.5 Å². The number of methoxy groups -OCH3 is 2. The number of rotatable bonds is 6. The minimum Gasteiger partial charge on any atom is -0.493 e. The Hall–Kier alpha value is -1.66. The van der Waals surface area contributed by atoms with Gasteiger partial charge in [-0.3, -0.25) is 0 Å². The number of nitrogens with one attached hydrogen (secondary N) is 1. The molecule has 102 valence electrons. The predicted octanol–water partition coefficient (Wildman–Crippen LogP) is 2.41. The zero-order chi connectivity index (χ0) is 13.7. The molecule has 0 amide bonds. The molecule has 1 atom stereocenters. The maximum atomic E-state index is 5.30. The highest BCUT2D eigenvalue weighted by Crippen LogP contribution is 2.29. The van der Waals surface area contributed by atoms with Gasteiger partial charge in [0.2, 0.25) is 0 Å². The third-order valence-electron chi connectivity index (χ3n) is 2.90. The van der Waals surface area contributed by atoms with Crippen molar-refractivity contribution in [3.63, 3.8) is 0 Å². The Morgan fingerprint density at radius 3 is 2.68 bits per heavy atom. The monoisotopic (exact) mass is 279 g/mol. The number of benzene rings is 1. The van der Waals surface area contributed by atoms with E-state index in [1.807, 2.05) is 23.6 Å². The van der Waals surface area contributed by atoms with Crippen LogP contribution in [0.4, 0.5) is 0 Å². The fraction of sp³-hybridized carbons (Fsp3) is 0.385. The van der Waals surface area contributed by atoms with E-state index in [2.05, 4.69) is 21.8 Å². The smallest absolute Gasteiger partial charge is 0.161 e. The first-order valence-electron chi connectivity index (χ1n) is 5.96. The maximum absolute atomic E-state index is 5.30. The van der Waals surface area contributed by atoms with Gasteiger partial charge < -0.3 is 14.8 Å². The van der Waals surface area contributed by atoms with Crippen molar-refractivity contribution < 1.29 is 9.47 Å². The van der Waals surface area contributed by atoms with Gasteiger partial charge in [0.15, 0.2) is 11.5 Å². The molecule has 0 aliphatic rings. The first-order chi connectivity index (χ1) is 9.24. The van der Waals surface area contributed by atoms with Gasteiger partial charge in [-0.25, -0.2) is 0 Å². The number of hydrogen-bond donors (Lipinski definition) is 1. The summed E-state index contributed by atoms with van der Waals surface area (Å²) >= 11 is 1.36. The highest BCUT2D eigenvalue weighted by atomic mass is 32.1. The molecule has 0 fully saturated rings. The molecule has 1 aromatic carbocycles. The van der Waals surface area contributed by atoms with Gasteiger partial charge in [0.1, 0.15) is 0 Å². The van der Waals surface area contributed by atoms with E-state index in [4.69, 9.17) is 9.47 Å². The number of ether oxygens (including phenoxy) is 2. The Labute approximate surface area is 116 Å². The lowest BCUT2D eigenvalue weighted by Gasteiger charge is -2.15. The molecular formula is C13H17N3O2S. The Kier molecular flexibility index (Phi) is 4.70. The second-order valence-electron chi connectivity index (χ2n) is 4.11. The fourth-order valence-corrected chi connectivity index (χ4v) is 2.21. The van der Waals surface area contributed by atoms with Gasteiger partial charge in [0.05, 0.1) is 19.9 Å². The second-order valence-corrected chi connectivity index (χ2v) is 4.72. The van der Waals surface area contributed by atoms with Crippen LogP contribution in [0.3, 0.4) is 0 Å². The molecule has 0 bridgehead atoms. The molecule has 1 unspecified atom stereocenters. The normalized spacial score (nSPS) is 12.2. The van der Waals surface area contributed by atoms with E-state index in [1.165, 1.54) is 11.5 Å². The SMILES string of the molecule is COc1ccc(C(C)NCc2csnn2)cc1OC. The first-order valence-corrected chi connectivity index (χ1v) is 6.79. The Morgan fingerprint density at radius 2 is 2.05 bits per heavy atom. The molecule has 1 N–H and O–H groups in total. The summed E-state index contributed by atoms with van der Waals surface area (Å²) in [7, 11) is 3.27. The van der Waals surface area contributed by atoms with Crippen LogP contribution in [0.2, 0.25) is 0 Å². The minimum atomic E-state index is 0.196.